The molecule has 2 aromatic heterocycles. The molecule has 3 aromatic rings. The van der Waals surface area contributed by atoms with Gasteiger partial charge in [0.25, 0.3) is 5.56 Å². The number of hydrogen-bond acceptors (Lipinski definition) is 6. The maximum atomic E-state index is 12.4. The van der Waals surface area contributed by atoms with Crippen LogP contribution in [-0.4, -0.2) is 51.5 Å². The Morgan fingerprint density at radius 3 is 2.52 bits per heavy atom. The first-order valence-corrected chi connectivity index (χ1v) is 10.4. The number of unbranched alkanes of at least 4 members (excludes halogenated alkanes) is 1. The molecule has 6 nitrogen and oxygen atoms in total. The van der Waals surface area contributed by atoms with Crippen LogP contribution in [-0.2, 0) is 6.54 Å². The molecule has 1 aromatic carbocycles. The van der Waals surface area contributed by atoms with Crippen LogP contribution in [0.4, 0.5) is 5.82 Å². The van der Waals surface area contributed by atoms with E-state index in [4.69, 9.17) is 11.6 Å². The van der Waals surface area contributed by atoms with Crippen LogP contribution in [0.2, 0.25) is 5.15 Å². The molecular weight excluding hydrogens is 382 g/mol. The van der Waals surface area contributed by atoms with Gasteiger partial charge in [0.1, 0.15) is 0 Å². The fraction of sp³-hybridized carbons (Fsp3) is 0.421. The predicted molar refractivity (Wildman–Crippen MR) is 111 cm³/mol. The van der Waals surface area contributed by atoms with Gasteiger partial charge in [0.05, 0.1) is 10.1 Å². The normalized spacial score (nSPS) is 15.5. The van der Waals surface area contributed by atoms with Crippen molar-refractivity contribution in [3.63, 3.8) is 0 Å². The van der Waals surface area contributed by atoms with Gasteiger partial charge >= 0.3 is 0 Å². The van der Waals surface area contributed by atoms with E-state index in [1.54, 1.807) is 23.9 Å². The number of nitrogens with zero attached hydrogens (tertiary/aromatic N) is 5. The van der Waals surface area contributed by atoms with Crippen molar-refractivity contribution in [2.24, 2.45) is 0 Å². The summed E-state index contributed by atoms with van der Waals surface area (Å²) in [5, 5.41) is 1.31. The highest BCUT2D eigenvalue weighted by molar-refractivity contribution is 7.13. The van der Waals surface area contributed by atoms with Crippen molar-refractivity contribution in [2.45, 2.75) is 19.4 Å². The zero-order chi connectivity index (χ0) is 18.6. The second-order valence-electron chi connectivity index (χ2n) is 6.70. The first kappa shape index (κ1) is 18.4. The molecule has 0 atom stereocenters. The smallest absolute Gasteiger partial charge is 0.268 e. The zero-order valence-electron chi connectivity index (χ0n) is 15.1. The van der Waals surface area contributed by atoms with Gasteiger partial charge in [0.2, 0.25) is 0 Å². The molecule has 0 unspecified atom stereocenters. The zero-order valence-corrected chi connectivity index (χ0v) is 16.6. The van der Waals surface area contributed by atoms with Crippen LogP contribution in [0.15, 0.2) is 41.5 Å². The van der Waals surface area contributed by atoms with Crippen LogP contribution in [0.1, 0.15) is 12.8 Å². The summed E-state index contributed by atoms with van der Waals surface area (Å²) < 4.78 is 2.96. The largest absolute Gasteiger partial charge is 0.351 e. The van der Waals surface area contributed by atoms with E-state index in [1.165, 1.54) is 0 Å². The number of piperazine rings is 1. The molecule has 1 aliphatic rings. The van der Waals surface area contributed by atoms with Gasteiger partial charge in [-0.15, -0.1) is 0 Å². The van der Waals surface area contributed by atoms with E-state index in [-0.39, 0.29) is 5.56 Å². The Kier molecular flexibility index (Phi) is 5.71. The van der Waals surface area contributed by atoms with Gasteiger partial charge in [0, 0.05) is 45.1 Å². The number of rotatable bonds is 6. The van der Waals surface area contributed by atoms with Crippen LogP contribution < -0.4 is 10.5 Å². The Balaban J connectivity index is 1.23. The molecule has 3 heterocycles. The van der Waals surface area contributed by atoms with Gasteiger partial charge in [-0.25, -0.2) is 9.97 Å². The maximum Gasteiger partial charge on any atom is 0.268 e. The Morgan fingerprint density at radius 1 is 1.00 bits per heavy atom. The number of anilines is 1. The number of aryl methyl sites for hydroxylation is 1. The number of benzene rings is 1. The highest BCUT2D eigenvalue weighted by atomic mass is 35.5. The van der Waals surface area contributed by atoms with Crippen LogP contribution in [0.5, 0.6) is 0 Å². The molecule has 27 heavy (non-hydrogen) atoms. The van der Waals surface area contributed by atoms with Crippen LogP contribution in [0.3, 0.4) is 0 Å². The van der Waals surface area contributed by atoms with E-state index >= 15 is 0 Å². The van der Waals surface area contributed by atoms with E-state index in [2.05, 4.69) is 19.8 Å². The van der Waals surface area contributed by atoms with Gasteiger partial charge in [-0.1, -0.05) is 35.3 Å². The molecule has 0 radical (unpaired) electrons. The SMILES string of the molecule is O=c1c2ccccc2sn1CCCCN1CCN(c2nccnc2Cl)CC1. The summed E-state index contributed by atoms with van der Waals surface area (Å²) in [5.41, 5.74) is 0.144. The van der Waals surface area contributed by atoms with Crippen LogP contribution >= 0.6 is 23.1 Å². The first-order valence-electron chi connectivity index (χ1n) is 9.25. The van der Waals surface area contributed by atoms with Gasteiger partial charge in [-0.2, -0.15) is 0 Å². The fourth-order valence-corrected chi connectivity index (χ4v) is 4.72. The number of fused-ring (bicyclic) bond motifs is 1. The molecule has 0 N–H and O–H groups in total. The lowest BCUT2D eigenvalue weighted by atomic mass is 10.2. The molecule has 1 fully saturated rings. The third-order valence-electron chi connectivity index (χ3n) is 4.95. The summed E-state index contributed by atoms with van der Waals surface area (Å²) in [6.45, 7) is 5.67. The molecule has 4 rings (SSSR count). The summed E-state index contributed by atoms with van der Waals surface area (Å²) in [7, 11) is 0. The Hall–Kier alpha value is -1.96. The molecule has 0 amide bonds. The molecule has 0 bridgehead atoms. The molecule has 1 saturated heterocycles. The lowest BCUT2D eigenvalue weighted by Gasteiger charge is -2.35. The third-order valence-corrected chi connectivity index (χ3v) is 6.33. The summed E-state index contributed by atoms with van der Waals surface area (Å²) >= 11 is 7.71. The van der Waals surface area contributed by atoms with Crippen molar-refractivity contribution in [1.29, 1.82) is 0 Å². The first-order chi connectivity index (χ1) is 13.2. The highest BCUT2D eigenvalue weighted by Crippen LogP contribution is 2.21. The number of aromatic nitrogens is 3. The van der Waals surface area contributed by atoms with Gasteiger partial charge in [-0.05, 0) is 31.5 Å². The molecular formula is C19H22ClN5OS. The molecule has 8 heteroatoms. The van der Waals surface area contributed by atoms with Crippen molar-refractivity contribution >= 4 is 39.0 Å². The minimum atomic E-state index is 0.144. The third kappa shape index (κ3) is 4.15. The Morgan fingerprint density at radius 2 is 1.74 bits per heavy atom. The van der Waals surface area contributed by atoms with Crippen molar-refractivity contribution in [3.05, 3.63) is 52.2 Å². The minimum absolute atomic E-state index is 0.144. The fourth-order valence-electron chi connectivity index (χ4n) is 3.46. The Bertz CT molecular complexity index is 964. The van der Waals surface area contributed by atoms with Crippen LogP contribution in [0.25, 0.3) is 10.1 Å². The van der Waals surface area contributed by atoms with Gasteiger partial charge < -0.3 is 4.90 Å². The summed E-state index contributed by atoms with van der Waals surface area (Å²) in [6.07, 6.45) is 5.41. The van der Waals surface area contributed by atoms with E-state index in [9.17, 15) is 4.79 Å². The van der Waals surface area contributed by atoms with E-state index in [0.717, 1.165) is 68.0 Å². The maximum absolute atomic E-state index is 12.4. The van der Waals surface area contributed by atoms with Crippen molar-refractivity contribution < 1.29 is 0 Å². The second-order valence-corrected chi connectivity index (χ2v) is 8.12. The minimum Gasteiger partial charge on any atom is -0.351 e. The Labute approximate surface area is 167 Å². The molecule has 142 valence electrons. The molecule has 1 aliphatic heterocycles. The summed E-state index contributed by atoms with van der Waals surface area (Å²) in [6, 6.07) is 7.83. The average Bonchev–Trinajstić information content (AvgIpc) is 3.02. The summed E-state index contributed by atoms with van der Waals surface area (Å²) in [4.78, 5) is 25.5. The quantitative estimate of drug-likeness (QED) is 0.592. The molecule has 0 spiro atoms. The van der Waals surface area contributed by atoms with Crippen molar-refractivity contribution in [2.75, 3.05) is 37.6 Å². The lowest BCUT2D eigenvalue weighted by molar-refractivity contribution is 0.251. The van der Waals surface area contributed by atoms with Crippen LogP contribution in [0, 0.1) is 0 Å². The van der Waals surface area contributed by atoms with E-state index < -0.39 is 0 Å². The highest BCUT2D eigenvalue weighted by Gasteiger charge is 2.19. The standard InChI is InChI=1S/C19H22ClN5OS/c20-17-18(22-8-7-21-17)24-13-11-23(12-14-24)9-3-4-10-25-19(26)15-5-1-2-6-16(15)27-25/h1-2,5-8H,3-4,9-14H2. The monoisotopic (exact) mass is 403 g/mol. The average molecular weight is 404 g/mol. The van der Waals surface area contributed by atoms with E-state index in [1.807, 2.05) is 28.2 Å². The number of hydrogen-bond donors (Lipinski definition) is 0. The second kappa shape index (κ2) is 8.37. The van der Waals surface area contributed by atoms with Gasteiger partial charge in [0.15, 0.2) is 11.0 Å². The lowest BCUT2D eigenvalue weighted by Crippen LogP contribution is -2.47. The topological polar surface area (TPSA) is 54.3 Å². The number of halogens is 1. The molecule has 0 aliphatic carbocycles. The van der Waals surface area contributed by atoms with Crippen molar-refractivity contribution in [1.82, 2.24) is 18.8 Å². The summed E-state index contributed by atoms with van der Waals surface area (Å²) in [5.74, 6) is 0.781. The van der Waals surface area contributed by atoms with Gasteiger partial charge in [-0.3, -0.25) is 13.7 Å². The van der Waals surface area contributed by atoms with E-state index in [0.29, 0.717) is 5.15 Å². The van der Waals surface area contributed by atoms with Crippen molar-refractivity contribution in [3.8, 4) is 0 Å². The predicted octanol–water partition coefficient (Wildman–Crippen LogP) is 3.11. The molecule has 0 saturated carbocycles.